The molecular weight excluding hydrogens is 419 g/mol. The van der Waals surface area contributed by atoms with Crippen molar-refractivity contribution in [1.29, 1.82) is 0 Å². The summed E-state index contributed by atoms with van der Waals surface area (Å²) in [5, 5.41) is 7.51. The summed E-state index contributed by atoms with van der Waals surface area (Å²) < 4.78 is 16.5. The lowest BCUT2D eigenvalue weighted by Gasteiger charge is -2.15. The molecule has 2 aromatic heterocycles. The SMILES string of the molecule is CC(NC(=O)c1ccc(Cn2ccn3nc4c(c3c2=O)CCCC4)cc1)c1ccc(F)cc1. The molecule has 5 rings (SSSR count). The number of carbonyl (C=O) groups excluding carboxylic acids is 1. The van der Waals surface area contributed by atoms with Crippen LogP contribution in [0.1, 0.15) is 58.5 Å². The number of fused-ring (bicyclic) bond motifs is 3. The first-order chi connectivity index (χ1) is 16.0. The molecule has 0 spiro atoms. The van der Waals surface area contributed by atoms with Gasteiger partial charge in [-0.15, -0.1) is 0 Å². The second-order valence-electron chi connectivity index (χ2n) is 8.60. The third-order valence-corrected chi connectivity index (χ3v) is 6.32. The average Bonchev–Trinajstić information content (AvgIpc) is 3.21. The van der Waals surface area contributed by atoms with Crippen LogP contribution < -0.4 is 10.9 Å². The Labute approximate surface area is 190 Å². The molecule has 0 bridgehead atoms. The zero-order chi connectivity index (χ0) is 22.9. The van der Waals surface area contributed by atoms with Crippen molar-refractivity contribution in [3.8, 4) is 0 Å². The Morgan fingerprint density at radius 1 is 1.06 bits per heavy atom. The minimum atomic E-state index is -0.306. The van der Waals surface area contributed by atoms with Crippen molar-refractivity contribution in [2.24, 2.45) is 0 Å². The van der Waals surface area contributed by atoms with Crippen LogP contribution in [0, 0.1) is 5.82 Å². The molecule has 4 aromatic rings. The van der Waals surface area contributed by atoms with Crippen LogP contribution in [-0.2, 0) is 19.4 Å². The van der Waals surface area contributed by atoms with Crippen molar-refractivity contribution >= 4 is 11.4 Å². The number of hydrogen-bond donors (Lipinski definition) is 1. The molecule has 0 saturated carbocycles. The number of amides is 1. The van der Waals surface area contributed by atoms with E-state index >= 15 is 0 Å². The zero-order valence-electron chi connectivity index (χ0n) is 18.4. The van der Waals surface area contributed by atoms with Gasteiger partial charge in [0, 0.05) is 23.5 Å². The van der Waals surface area contributed by atoms with Crippen LogP contribution in [0.3, 0.4) is 0 Å². The average molecular weight is 445 g/mol. The van der Waals surface area contributed by atoms with Gasteiger partial charge in [-0.2, -0.15) is 5.10 Å². The highest BCUT2D eigenvalue weighted by atomic mass is 19.1. The molecular formula is C26H25FN4O2. The summed E-state index contributed by atoms with van der Waals surface area (Å²) in [6.45, 7) is 2.28. The lowest BCUT2D eigenvalue weighted by molar-refractivity contribution is 0.0940. The van der Waals surface area contributed by atoms with Crippen LogP contribution >= 0.6 is 0 Å². The quantitative estimate of drug-likeness (QED) is 0.505. The predicted octanol–water partition coefficient (Wildman–Crippen LogP) is 4.05. The maximum Gasteiger partial charge on any atom is 0.277 e. The van der Waals surface area contributed by atoms with Gasteiger partial charge >= 0.3 is 0 Å². The van der Waals surface area contributed by atoms with Gasteiger partial charge in [0.05, 0.1) is 18.3 Å². The molecule has 1 amide bonds. The molecule has 1 atom stereocenters. The van der Waals surface area contributed by atoms with E-state index in [4.69, 9.17) is 0 Å². The van der Waals surface area contributed by atoms with Crippen molar-refractivity contribution in [3.05, 3.63) is 105 Å². The topological polar surface area (TPSA) is 68.4 Å². The van der Waals surface area contributed by atoms with Crippen molar-refractivity contribution < 1.29 is 9.18 Å². The van der Waals surface area contributed by atoms with Gasteiger partial charge in [0.2, 0.25) is 0 Å². The number of carbonyl (C=O) groups is 1. The summed E-state index contributed by atoms with van der Waals surface area (Å²) in [4.78, 5) is 25.8. The summed E-state index contributed by atoms with van der Waals surface area (Å²) in [7, 11) is 0. The molecule has 2 aromatic carbocycles. The van der Waals surface area contributed by atoms with Gasteiger partial charge in [-0.25, -0.2) is 8.91 Å². The molecule has 1 aliphatic rings. The maximum absolute atomic E-state index is 13.1. The maximum atomic E-state index is 13.1. The number of rotatable bonds is 5. The molecule has 33 heavy (non-hydrogen) atoms. The number of hydrogen-bond acceptors (Lipinski definition) is 3. The van der Waals surface area contributed by atoms with E-state index in [1.807, 2.05) is 25.3 Å². The Bertz CT molecular complexity index is 1370. The monoisotopic (exact) mass is 444 g/mol. The molecule has 1 unspecified atom stereocenters. The van der Waals surface area contributed by atoms with E-state index in [0.29, 0.717) is 17.6 Å². The largest absolute Gasteiger partial charge is 0.346 e. The molecule has 0 fully saturated rings. The Hall–Kier alpha value is -3.74. The smallest absolute Gasteiger partial charge is 0.277 e. The summed E-state index contributed by atoms with van der Waals surface area (Å²) >= 11 is 0. The normalized spacial score (nSPS) is 14.1. The van der Waals surface area contributed by atoms with E-state index in [9.17, 15) is 14.0 Å². The third-order valence-electron chi connectivity index (χ3n) is 6.32. The van der Waals surface area contributed by atoms with Gasteiger partial charge in [-0.05, 0) is 68.0 Å². The molecule has 0 saturated heterocycles. The van der Waals surface area contributed by atoms with Crippen LogP contribution in [-0.4, -0.2) is 20.1 Å². The number of nitrogens with one attached hydrogen (secondary N) is 1. The van der Waals surface area contributed by atoms with E-state index in [1.165, 1.54) is 12.1 Å². The highest BCUT2D eigenvalue weighted by Crippen LogP contribution is 2.22. The Kier molecular flexibility index (Phi) is 5.54. The Morgan fingerprint density at radius 2 is 1.79 bits per heavy atom. The van der Waals surface area contributed by atoms with E-state index in [-0.39, 0.29) is 23.3 Å². The van der Waals surface area contributed by atoms with Crippen LogP contribution in [0.15, 0.2) is 65.7 Å². The van der Waals surface area contributed by atoms with Crippen LogP contribution in [0.2, 0.25) is 0 Å². The molecule has 1 aliphatic carbocycles. The fourth-order valence-electron chi connectivity index (χ4n) is 4.45. The van der Waals surface area contributed by atoms with Gasteiger partial charge in [-0.3, -0.25) is 9.59 Å². The van der Waals surface area contributed by atoms with Crippen molar-refractivity contribution in [2.45, 2.75) is 45.2 Å². The minimum Gasteiger partial charge on any atom is -0.346 e. The van der Waals surface area contributed by atoms with E-state index < -0.39 is 0 Å². The van der Waals surface area contributed by atoms with Crippen LogP contribution in [0.5, 0.6) is 0 Å². The van der Waals surface area contributed by atoms with Crippen molar-refractivity contribution in [1.82, 2.24) is 19.5 Å². The predicted molar refractivity (Wildman–Crippen MR) is 124 cm³/mol. The first-order valence-corrected chi connectivity index (χ1v) is 11.2. The molecule has 1 N–H and O–H groups in total. The summed E-state index contributed by atoms with van der Waals surface area (Å²) in [6.07, 6.45) is 7.64. The van der Waals surface area contributed by atoms with Gasteiger partial charge < -0.3 is 9.88 Å². The van der Waals surface area contributed by atoms with E-state index in [2.05, 4.69) is 10.4 Å². The van der Waals surface area contributed by atoms with E-state index in [1.54, 1.807) is 39.5 Å². The first-order valence-electron chi connectivity index (χ1n) is 11.2. The fourth-order valence-corrected chi connectivity index (χ4v) is 4.45. The molecule has 7 heteroatoms. The second-order valence-corrected chi connectivity index (χ2v) is 8.60. The first kappa shape index (κ1) is 21.1. The third kappa shape index (κ3) is 4.18. The summed E-state index contributed by atoms with van der Waals surface area (Å²) in [5.74, 6) is -0.512. The van der Waals surface area contributed by atoms with Crippen molar-refractivity contribution in [2.75, 3.05) is 0 Å². The summed E-state index contributed by atoms with van der Waals surface area (Å²) in [5.41, 5.74) is 5.06. The lowest BCUT2D eigenvalue weighted by atomic mass is 9.97. The second kappa shape index (κ2) is 8.65. The molecule has 0 aliphatic heterocycles. The standard InChI is InChI=1S/C26H25FN4O2/c1-17(19-10-12-21(27)13-11-19)28-25(32)20-8-6-18(7-9-20)16-30-14-15-31-24(26(30)33)22-4-2-3-5-23(22)29-31/h6-15,17H,2-5,16H2,1H3,(H,28,32). The fraction of sp³-hybridized carbons (Fsp3) is 0.269. The number of nitrogens with zero attached hydrogens (tertiary/aromatic N) is 3. The van der Waals surface area contributed by atoms with E-state index in [0.717, 1.165) is 48.1 Å². The number of aryl methyl sites for hydroxylation is 2. The van der Waals surface area contributed by atoms with Crippen LogP contribution in [0.4, 0.5) is 4.39 Å². The summed E-state index contributed by atoms with van der Waals surface area (Å²) in [6, 6.07) is 13.1. The zero-order valence-corrected chi connectivity index (χ0v) is 18.4. The van der Waals surface area contributed by atoms with Gasteiger partial charge in [0.1, 0.15) is 11.3 Å². The number of benzene rings is 2. The van der Waals surface area contributed by atoms with Gasteiger partial charge in [0.25, 0.3) is 11.5 Å². The Morgan fingerprint density at radius 3 is 2.55 bits per heavy atom. The van der Waals surface area contributed by atoms with Crippen LogP contribution in [0.25, 0.3) is 5.52 Å². The number of aromatic nitrogens is 3. The lowest BCUT2D eigenvalue weighted by Crippen LogP contribution is -2.26. The Balaban J connectivity index is 1.31. The minimum absolute atomic E-state index is 0.0388. The number of halogens is 1. The molecule has 168 valence electrons. The molecule has 6 nitrogen and oxygen atoms in total. The van der Waals surface area contributed by atoms with Gasteiger partial charge in [-0.1, -0.05) is 24.3 Å². The molecule has 2 heterocycles. The highest BCUT2D eigenvalue weighted by Gasteiger charge is 2.19. The van der Waals surface area contributed by atoms with Crippen molar-refractivity contribution in [3.63, 3.8) is 0 Å². The highest BCUT2D eigenvalue weighted by molar-refractivity contribution is 5.94. The molecule has 0 radical (unpaired) electrons. The van der Waals surface area contributed by atoms with Gasteiger partial charge in [0.15, 0.2) is 0 Å².